The molecule has 28 heavy (non-hydrogen) atoms. The van der Waals surface area contributed by atoms with Crippen molar-refractivity contribution in [1.82, 2.24) is 34.7 Å². The lowest BCUT2D eigenvalue weighted by atomic mass is 10.0. The van der Waals surface area contributed by atoms with Crippen LogP contribution in [0.1, 0.15) is 24.6 Å². The largest absolute Gasteiger partial charge is 0.328 e. The summed E-state index contributed by atoms with van der Waals surface area (Å²) >= 11 is 0. The van der Waals surface area contributed by atoms with E-state index >= 15 is 0 Å². The van der Waals surface area contributed by atoms with Gasteiger partial charge in [-0.05, 0) is 28.5 Å². The second kappa shape index (κ2) is 7.59. The molecule has 8 heteroatoms. The molecule has 1 aromatic carbocycles. The minimum atomic E-state index is -0.00399. The number of pyridine rings is 1. The second-order valence-corrected chi connectivity index (χ2v) is 6.70. The number of rotatable bonds is 6. The van der Waals surface area contributed by atoms with Gasteiger partial charge in [0.25, 0.3) is 0 Å². The van der Waals surface area contributed by atoms with Gasteiger partial charge in [0, 0.05) is 36.3 Å². The molecule has 0 radical (unpaired) electrons. The fourth-order valence-electron chi connectivity index (χ4n) is 3.33. The highest BCUT2D eigenvalue weighted by molar-refractivity contribution is 5.78. The highest BCUT2D eigenvalue weighted by Crippen LogP contribution is 2.28. The molecular formula is C20H21N7O. The van der Waals surface area contributed by atoms with Crippen LogP contribution < -0.4 is 5.69 Å². The molecule has 0 unspecified atom stereocenters. The van der Waals surface area contributed by atoms with E-state index in [1.54, 1.807) is 11.6 Å². The molecule has 4 aromatic rings. The van der Waals surface area contributed by atoms with Crippen molar-refractivity contribution >= 4 is 0 Å². The van der Waals surface area contributed by atoms with Crippen molar-refractivity contribution in [1.29, 1.82) is 0 Å². The van der Waals surface area contributed by atoms with E-state index in [-0.39, 0.29) is 5.69 Å². The Labute approximate surface area is 161 Å². The molecule has 0 amide bonds. The van der Waals surface area contributed by atoms with E-state index in [1.807, 2.05) is 53.4 Å². The first kappa shape index (κ1) is 17.8. The zero-order valence-corrected chi connectivity index (χ0v) is 15.8. The van der Waals surface area contributed by atoms with Crippen LogP contribution in [0.15, 0.2) is 53.6 Å². The molecule has 0 bridgehead atoms. The van der Waals surface area contributed by atoms with Crippen LogP contribution in [0.2, 0.25) is 0 Å². The minimum Gasteiger partial charge on any atom is -0.302 e. The molecule has 1 N–H and O–H groups in total. The summed E-state index contributed by atoms with van der Waals surface area (Å²) in [6.45, 7) is 2.62. The van der Waals surface area contributed by atoms with E-state index in [0.29, 0.717) is 12.4 Å². The first-order chi connectivity index (χ1) is 13.7. The average Bonchev–Trinajstić information content (AvgIpc) is 3.34. The van der Waals surface area contributed by atoms with Crippen molar-refractivity contribution < 1.29 is 0 Å². The van der Waals surface area contributed by atoms with Gasteiger partial charge < -0.3 is 4.57 Å². The van der Waals surface area contributed by atoms with E-state index in [9.17, 15) is 4.79 Å². The van der Waals surface area contributed by atoms with Crippen LogP contribution in [0.3, 0.4) is 0 Å². The summed E-state index contributed by atoms with van der Waals surface area (Å²) < 4.78 is 3.45. The van der Waals surface area contributed by atoms with E-state index < -0.39 is 0 Å². The predicted molar refractivity (Wildman–Crippen MR) is 106 cm³/mol. The summed E-state index contributed by atoms with van der Waals surface area (Å²) in [6.07, 6.45) is 5.60. The molecule has 0 saturated heterocycles. The van der Waals surface area contributed by atoms with Gasteiger partial charge in [0.1, 0.15) is 0 Å². The minimum absolute atomic E-state index is 0.00399. The summed E-state index contributed by atoms with van der Waals surface area (Å²) in [5.41, 5.74) is 4.67. The smallest absolute Gasteiger partial charge is 0.302 e. The van der Waals surface area contributed by atoms with Crippen LogP contribution in [-0.2, 0) is 20.0 Å². The highest BCUT2D eigenvalue weighted by atomic mass is 16.1. The number of benzene rings is 1. The topological polar surface area (TPSA) is 94.3 Å². The molecule has 8 nitrogen and oxygen atoms in total. The van der Waals surface area contributed by atoms with Gasteiger partial charge in [0.15, 0.2) is 5.82 Å². The van der Waals surface area contributed by atoms with E-state index in [4.69, 9.17) is 0 Å². The predicted octanol–water partition coefficient (Wildman–Crippen LogP) is 2.43. The lowest BCUT2D eigenvalue weighted by molar-refractivity contribution is 0.679. The van der Waals surface area contributed by atoms with E-state index in [1.165, 1.54) is 0 Å². The highest BCUT2D eigenvalue weighted by Gasteiger charge is 2.12. The Kier molecular flexibility index (Phi) is 4.84. The van der Waals surface area contributed by atoms with Gasteiger partial charge in [0.2, 0.25) is 0 Å². The van der Waals surface area contributed by atoms with E-state index in [2.05, 4.69) is 32.5 Å². The van der Waals surface area contributed by atoms with Crippen LogP contribution in [0.4, 0.5) is 0 Å². The zero-order chi connectivity index (χ0) is 19.5. The molecule has 3 heterocycles. The number of imidazole rings is 1. The third-order valence-electron chi connectivity index (χ3n) is 4.70. The molecule has 0 aliphatic heterocycles. The van der Waals surface area contributed by atoms with Crippen molar-refractivity contribution in [2.75, 3.05) is 0 Å². The summed E-state index contributed by atoms with van der Waals surface area (Å²) in [5.74, 6) is 0.599. The van der Waals surface area contributed by atoms with Gasteiger partial charge in [-0.3, -0.25) is 9.55 Å². The van der Waals surface area contributed by atoms with Gasteiger partial charge in [-0.15, -0.1) is 5.10 Å². The standard InChI is InChI=1S/C20H21N7O/c1-3-6-15-13-26(2)20(28)27(15)12-14-9-10-18(21-11-14)16-7-4-5-8-17(16)19-22-24-25-23-19/h4-5,7-11,13H,3,6,12H2,1-2H3,(H,22,23,24,25). The van der Waals surface area contributed by atoms with Crippen molar-refractivity contribution in [3.05, 3.63) is 70.5 Å². The van der Waals surface area contributed by atoms with Crippen molar-refractivity contribution in [3.8, 4) is 22.6 Å². The Morgan fingerprint density at radius 3 is 2.61 bits per heavy atom. The van der Waals surface area contributed by atoms with Gasteiger partial charge in [-0.2, -0.15) is 0 Å². The molecule has 0 fully saturated rings. The maximum Gasteiger partial charge on any atom is 0.328 e. The number of hydrogen-bond acceptors (Lipinski definition) is 5. The molecule has 3 aromatic heterocycles. The Morgan fingerprint density at radius 1 is 1.11 bits per heavy atom. The van der Waals surface area contributed by atoms with E-state index in [0.717, 1.165) is 40.9 Å². The first-order valence-electron chi connectivity index (χ1n) is 9.21. The SMILES string of the molecule is CCCc1cn(C)c(=O)n1Cc1ccc(-c2ccccc2-c2nnn[nH]2)nc1. The molecule has 142 valence electrons. The maximum absolute atomic E-state index is 12.4. The molecule has 0 aliphatic carbocycles. The van der Waals surface area contributed by atoms with Crippen LogP contribution in [-0.4, -0.2) is 34.7 Å². The first-order valence-corrected chi connectivity index (χ1v) is 9.21. The number of aromatic nitrogens is 7. The van der Waals surface area contributed by atoms with Gasteiger partial charge in [-0.1, -0.05) is 43.7 Å². The molecule has 0 aliphatic rings. The quantitative estimate of drug-likeness (QED) is 0.558. The Bertz CT molecular complexity index is 1120. The second-order valence-electron chi connectivity index (χ2n) is 6.70. The summed E-state index contributed by atoms with van der Waals surface area (Å²) in [4.78, 5) is 17.0. The third kappa shape index (κ3) is 3.36. The van der Waals surface area contributed by atoms with Crippen LogP contribution in [0.25, 0.3) is 22.6 Å². The van der Waals surface area contributed by atoms with Crippen molar-refractivity contribution in [2.24, 2.45) is 7.05 Å². The number of nitrogens with zero attached hydrogens (tertiary/aromatic N) is 6. The summed E-state index contributed by atoms with van der Waals surface area (Å²) in [7, 11) is 1.79. The van der Waals surface area contributed by atoms with Crippen molar-refractivity contribution in [3.63, 3.8) is 0 Å². The van der Waals surface area contributed by atoms with Gasteiger partial charge in [0.05, 0.1) is 12.2 Å². The number of aryl methyl sites for hydroxylation is 2. The number of tetrazole rings is 1. The zero-order valence-electron chi connectivity index (χ0n) is 15.8. The number of nitrogens with one attached hydrogen (secondary N) is 1. The fraction of sp³-hybridized carbons (Fsp3) is 0.250. The molecule has 4 rings (SSSR count). The monoisotopic (exact) mass is 375 g/mol. The van der Waals surface area contributed by atoms with Crippen LogP contribution in [0.5, 0.6) is 0 Å². The number of aromatic amines is 1. The molecule has 0 spiro atoms. The van der Waals surface area contributed by atoms with Crippen LogP contribution >= 0.6 is 0 Å². The summed E-state index contributed by atoms with van der Waals surface area (Å²) in [6, 6.07) is 11.8. The Balaban J connectivity index is 1.64. The number of H-pyrrole nitrogens is 1. The Morgan fingerprint density at radius 2 is 1.93 bits per heavy atom. The average molecular weight is 375 g/mol. The Hall–Kier alpha value is -3.55. The van der Waals surface area contributed by atoms with Crippen molar-refractivity contribution in [2.45, 2.75) is 26.3 Å². The van der Waals surface area contributed by atoms with Gasteiger partial charge >= 0.3 is 5.69 Å². The normalized spacial score (nSPS) is 11.1. The van der Waals surface area contributed by atoms with Gasteiger partial charge in [-0.25, -0.2) is 9.89 Å². The third-order valence-corrected chi connectivity index (χ3v) is 4.70. The maximum atomic E-state index is 12.4. The molecule has 0 saturated carbocycles. The fourth-order valence-corrected chi connectivity index (χ4v) is 3.33. The lowest BCUT2D eigenvalue weighted by Crippen LogP contribution is -2.24. The van der Waals surface area contributed by atoms with Crippen LogP contribution in [0, 0.1) is 0 Å². The number of hydrogen-bond donors (Lipinski definition) is 1. The summed E-state index contributed by atoms with van der Waals surface area (Å²) in [5, 5.41) is 14.1. The molecule has 0 atom stereocenters. The lowest BCUT2D eigenvalue weighted by Gasteiger charge is -2.09. The molecular weight excluding hydrogens is 354 g/mol.